The summed E-state index contributed by atoms with van der Waals surface area (Å²) < 4.78 is 0. The maximum Gasteiger partial charge on any atom is 0.0399 e. The number of anilines is 2. The Balaban J connectivity index is 2.25. The van der Waals surface area contributed by atoms with Gasteiger partial charge >= 0.3 is 0 Å². The molecule has 118 valence electrons. The molecule has 1 unspecified atom stereocenters. The van der Waals surface area contributed by atoms with Crippen LogP contribution in [0.2, 0.25) is 0 Å². The van der Waals surface area contributed by atoms with Crippen LogP contribution in [0.4, 0.5) is 11.4 Å². The molecule has 0 aliphatic carbocycles. The van der Waals surface area contributed by atoms with Gasteiger partial charge in [0, 0.05) is 17.4 Å². The predicted octanol–water partition coefficient (Wildman–Crippen LogP) is 5.01. The molecule has 2 nitrogen and oxygen atoms in total. The van der Waals surface area contributed by atoms with Crippen LogP contribution in [0.5, 0.6) is 0 Å². The van der Waals surface area contributed by atoms with Crippen LogP contribution in [0.25, 0.3) is 0 Å². The molecule has 3 N–H and O–H groups in total. The van der Waals surface area contributed by atoms with Crippen LogP contribution in [0.3, 0.4) is 0 Å². The number of aryl methyl sites for hydroxylation is 1. The molecule has 2 aromatic rings. The number of benzene rings is 2. The van der Waals surface area contributed by atoms with Crippen LogP contribution in [-0.4, -0.2) is 6.04 Å². The van der Waals surface area contributed by atoms with Crippen molar-refractivity contribution in [3.05, 3.63) is 59.2 Å². The molecule has 0 amide bonds. The predicted molar refractivity (Wildman–Crippen MR) is 97.4 cm³/mol. The van der Waals surface area contributed by atoms with Gasteiger partial charge in [0.15, 0.2) is 0 Å². The molecule has 2 aromatic carbocycles. The van der Waals surface area contributed by atoms with Crippen LogP contribution >= 0.6 is 0 Å². The first-order chi connectivity index (χ1) is 10.5. The standard InChI is InChI=1S/C20H28N2/c1-14(2)10-16(4)22-20-13-19(21)15(3)11-18(20)12-17-8-6-5-7-9-17/h5-9,11,13-14,16,22H,10,12,21H2,1-4H3. The molecule has 0 bridgehead atoms. The van der Waals surface area contributed by atoms with Gasteiger partial charge in [0.2, 0.25) is 0 Å². The zero-order valence-corrected chi connectivity index (χ0v) is 14.2. The van der Waals surface area contributed by atoms with Crippen LogP contribution in [0.15, 0.2) is 42.5 Å². The number of nitrogens with one attached hydrogen (secondary N) is 1. The second-order valence-electron chi connectivity index (χ2n) is 6.70. The van der Waals surface area contributed by atoms with Crippen LogP contribution in [0, 0.1) is 12.8 Å². The fourth-order valence-electron chi connectivity index (χ4n) is 2.91. The number of nitrogens with two attached hydrogens (primary N) is 1. The number of hydrogen-bond acceptors (Lipinski definition) is 2. The fourth-order valence-corrected chi connectivity index (χ4v) is 2.91. The molecule has 0 saturated heterocycles. The molecule has 0 radical (unpaired) electrons. The molecule has 0 aromatic heterocycles. The number of hydrogen-bond donors (Lipinski definition) is 2. The van der Waals surface area contributed by atoms with Crippen LogP contribution < -0.4 is 11.1 Å². The molecule has 0 aliphatic rings. The molecule has 1 atom stereocenters. The van der Waals surface area contributed by atoms with Gasteiger partial charge in [0.25, 0.3) is 0 Å². The van der Waals surface area contributed by atoms with Crippen molar-refractivity contribution >= 4 is 11.4 Å². The summed E-state index contributed by atoms with van der Waals surface area (Å²) in [5.41, 5.74) is 11.9. The Kier molecular flexibility index (Phi) is 5.48. The lowest BCUT2D eigenvalue weighted by Crippen LogP contribution is -2.18. The molecule has 0 fully saturated rings. The summed E-state index contributed by atoms with van der Waals surface area (Å²) in [6.07, 6.45) is 2.08. The fraction of sp³-hybridized carbons (Fsp3) is 0.400. The minimum absolute atomic E-state index is 0.441. The van der Waals surface area contributed by atoms with Gasteiger partial charge in [-0.2, -0.15) is 0 Å². The average molecular weight is 296 g/mol. The van der Waals surface area contributed by atoms with Gasteiger partial charge < -0.3 is 11.1 Å². The Morgan fingerprint density at radius 3 is 2.36 bits per heavy atom. The highest BCUT2D eigenvalue weighted by atomic mass is 14.9. The van der Waals surface area contributed by atoms with E-state index in [1.54, 1.807) is 0 Å². The molecular formula is C20H28N2. The van der Waals surface area contributed by atoms with E-state index in [1.165, 1.54) is 16.8 Å². The van der Waals surface area contributed by atoms with Crippen molar-refractivity contribution in [1.82, 2.24) is 0 Å². The van der Waals surface area contributed by atoms with Crippen molar-refractivity contribution in [3.8, 4) is 0 Å². The maximum atomic E-state index is 6.12. The largest absolute Gasteiger partial charge is 0.398 e. The van der Waals surface area contributed by atoms with E-state index in [1.807, 2.05) is 0 Å². The first-order valence-electron chi connectivity index (χ1n) is 8.15. The van der Waals surface area contributed by atoms with Gasteiger partial charge in [0.05, 0.1) is 0 Å². The first kappa shape index (κ1) is 16.4. The molecule has 22 heavy (non-hydrogen) atoms. The van der Waals surface area contributed by atoms with Crippen molar-refractivity contribution < 1.29 is 0 Å². The molecule has 0 spiro atoms. The Labute approximate surface area is 134 Å². The number of nitrogen functional groups attached to an aromatic ring is 1. The summed E-state index contributed by atoms with van der Waals surface area (Å²) in [7, 11) is 0. The quantitative estimate of drug-likeness (QED) is 0.735. The van der Waals surface area contributed by atoms with Gasteiger partial charge in [-0.3, -0.25) is 0 Å². The van der Waals surface area contributed by atoms with E-state index in [0.717, 1.165) is 24.1 Å². The summed E-state index contributed by atoms with van der Waals surface area (Å²) in [4.78, 5) is 0. The van der Waals surface area contributed by atoms with Crippen molar-refractivity contribution in [2.45, 2.75) is 46.6 Å². The minimum atomic E-state index is 0.441. The van der Waals surface area contributed by atoms with E-state index in [9.17, 15) is 0 Å². The maximum absolute atomic E-state index is 6.12. The summed E-state index contributed by atoms with van der Waals surface area (Å²) in [5.74, 6) is 0.683. The highest BCUT2D eigenvalue weighted by Crippen LogP contribution is 2.27. The van der Waals surface area contributed by atoms with Crippen LogP contribution in [0.1, 0.15) is 43.9 Å². The molecular weight excluding hydrogens is 268 g/mol. The highest BCUT2D eigenvalue weighted by Gasteiger charge is 2.11. The number of rotatable bonds is 6. The molecule has 0 heterocycles. The van der Waals surface area contributed by atoms with Gasteiger partial charge in [-0.05, 0) is 55.4 Å². The van der Waals surface area contributed by atoms with E-state index >= 15 is 0 Å². The Morgan fingerprint density at radius 1 is 1.05 bits per heavy atom. The smallest absolute Gasteiger partial charge is 0.0399 e. The molecule has 2 rings (SSSR count). The van der Waals surface area contributed by atoms with Gasteiger partial charge in [-0.1, -0.05) is 50.2 Å². The summed E-state index contributed by atoms with van der Waals surface area (Å²) >= 11 is 0. The minimum Gasteiger partial charge on any atom is -0.398 e. The third kappa shape index (κ3) is 4.52. The first-order valence-corrected chi connectivity index (χ1v) is 8.15. The van der Waals surface area contributed by atoms with E-state index in [0.29, 0.717) is 12.0 Å². The topological polar surface area (TPSA) is 38.0 Å². The molecule has 2 heteroatoms. The third-order valence-corrected chi connectivity index (χ3v) is 3.96. The summed E-state index contributed by atoms with van der Waals surface area (Å²) in [6.45, 7) is 8.83. The zero-order valence-electron chi connectivity index (χ0n) is 14.2. The lowest BCUT2D eigenvalue weighted by atomic mass is 9.98. The van der Waals surface area contributed by atoms with E-state index < -0.39 is 0 Å². The van der Waals surface area contributed by atoms with Gasteiger partial charge in [-0.25, -0.2) is 0 Å². The lowest BCUT2D eigenvalue weighted by Gasteiger charge is -2.21. The second kappa shape index (κ2) is 7.35. The average Bonchev–Trinajstić information content (AvgIpc) is 2.44. The monoisotopic (exact) mass is 296 g/mol. The second-order valence-corrected chi connectivity index (χ2v) is 6.70. The van der Waals surface area contributed by atoms with Gasteiger partial charge in [-0.15, -0.1) is 0 Å². The Morgan fingerprint density at radius 2 is 1.73 bits per heavy atom. The van der Waals surface area contributed by atoms with Crippen molar-refractivity contribution in [2.75, 3.05) is 11.1 Å². The summed E-state index contributed by atoms with van der Waals surface area (Å²) in [5, 5.41) is 3.65. The molecule has 0 aliphatic heterocycles. The Hall–Kier alpha value is -1.96. The SMILES string of the molecule is Cc1cc(Cc2ccccc2)c(NC(C)CC(C)C)cc1N. The van der Waals surface area contributed by atoms with Crippen LogP contribution in [-0.2, 0) is 6.42 Å². The van der Waals surface area contributed by atoms with Gasteiger partial charge in [0.1, 0.15) is 0 Å². The summed E-state index contributed by atoms with van der Waals surface area (Å²) in [6, 6.07) is 15.3. The van der Waals surface area contributed by atoms with E-state index in [2.05, 4.69) is 75.5 Å². The Bertz CT molecular complexity index is 603. The van der Waals surface area contributed by atoms with E-state index in [-0.39, 0.29) is 0 Å². The van der Waals surface area contributed by atoms with E-state index in [4.69, 9.17) is 5.73 Å². The van der Waals surface area contributed by atoms with Crippen molar-refractivity contribution in [1.29, 1.82) is 0 Å². The zero-order chi connectivity index (χ0) is 16.1. The normalized spacial score (nSPS) is 12.4. The third-order valence-electron chi connectivity index (χ3n) is 3.96. The lowest BCUT2D eigenvalue weighted by molar-refractivity contribution is 0.539. The molecule has 0 saturated carbocycles. The van der Waals surface area contributed by atoms with Crippen molar-refractivity contribution in [2.24, 2.45) is 5.92 Å². The highest BCUT2D eigenvalue weighted by molar-refractivity contribution is 5.64. The van der Waals surface area contributed by atoms with Crippen molar-refractivity contribution in [3.63, 3.8) is 0 Å².